The third kappa shape index (κ3) is 2.91. The van der Waals surface area contributed by atoms with Crippen molar-refractivity contribution in [2.45, 2.75) is 19.4 Å². The van der Waals surface area contributed by atoms with Gasteiger partial charge in [0.2, 0.25) is 0 Å². The second kappa shape index (κ2) is 5.09. The van der Waals surface area contributed by atoms with Crippen LogP contribution in [-0.2, 0) is 6.42 Å². The largest absolute Gasteiger partial charge is 0.309 e. The Labute approximate surface area is 93.5 Å². The van der Waals surface area contributed by atoms with Crippen molar-refractivity contribution < 1.29 is 0 Å². The Hall–Kier alpha value is -1.13. The van der Waals surface area contributed by atoms with Gasteiger partial charge < -0.3 is 5.32 Å². The SMILES string of the molecule is CC(NCCc1cccs1)c1ccn[nH]1. The van der Waals surface area contributed by atoms with Crippen molar-refractivity contribution in [1.82, 2.24) is 15.5 Å². The van der Waals surface area contributed by atoms with Crippen LogP contribution in [-0.4, -0.2) is 16.7 Å². The number of H-pyrrole nitrogens is 1. The van der Waals surface area contributed by atoms with Gasteiger partial charge in [0.15, 0.2) is 0 Å². The van der Waals surface area contributed by atoms with Crippen LogP contribution in [0.5, 0.6) is 0 Å². The first-order chi connectivity index (χ1) is 7.36. The number of hydrogen-bond acceptors (Lipinski definition) is 3. The molecular weight excluding hydrogens is 206 g/mol. The van der Waals surface area contributed by atoms with Crippen LogP contribution in [0.4, 0.5) is 0 Å². The molecule has 15 heavy (non-hydrogen) atoms. The van der Waals surface area contributed by atoms with E-state index in [1.807, 2.05) is 17.4 Å². The first-order valence-electron chi connectivity index (χ1n) is 5.11. The number of aromatic nitrogens is 2. The van der Waals surface area contributed by atoms with E-state index < -0.39 is 0 Å². The maximum atomic E-state index is 3.94. The normalized spacial score (nSPS) is 12.9. The van der Waals surface area contributed by atoms with Crippen molar-refractivity contribution >= 4 is 11.3 Å². The molecule has 1 unspecified atom stereocenters. The lowest BCUT2D eigenvalue weighted by atomic mass is 10.2. The second-order valence-corrected chi connectivity index (χ2v) is 4.55. The van der Waals surface area contributed by atoms with Crippen LogP contribution in [0.25, 0.3) is 0 Å². The fourth-order valence-corrected chi connectivity index (χ4v) is 2.19. The minimum atomic E-state index is 0.340. The molecule has 0 aliphatic carbocycles. The number of nitrogens with zero attached hydrogens (tertiary/aromatic N) is 1. The van der Waals surface area contributed by atoms with Crippen molar-refractivity contribution in [3.63, 3.8) is 0 Å². The summed E-state index contributed by atoms with van der Waals surface area (Å²) in [6.07, 6.45) is 2.88. The summed E-state index contributed by atoms with van der Waals surface area (Å²) in [7, 11) is 0. The Morgan fingerprint density at radius 2 is 2.47 bits per heavy atom. The lowest BCUT2D eigenvalue weighted by Crippen LogP contribution is -2.21. The highest BCUT2D eigenvalue weighted by Crippen LogP contribution is 2.10. The number of thiophene rings is 1. The summed E-state index contributed by atoms with van der Waals surface area (Å²) in [5.41, 5.74) is 1.14. The number of aromatic amines is 1. The van der Waals surface area contributed by atoms with E-state index in [9.17, 15) is 0 Å². The molecule has 2 aromatic rings. The van der Waals surface area contributed by atoms with Crippen LogP contribution in [0.3, 0.4) is 0 Å². The number of nitrogens with one attached hydrogen (secondary N) is 2. The average molecular weight is 221 g/mol. The molecule has 0 aliphatic rings. The van der Waals surface area contributed by atoms with Gasteiger partial charge in [-0.3, -0.25) is 5.10 Å². The van der Waals surface area contributed by atoms with Crippen molar-refractivity contribution in [1.29, 1.82) is 0 Å². The first kappa shape index (κ1) is 10.4. The predicted molar refractivity (Wildman–Crippen MR) is 63.0 cm³/mol. The summed E-state index contributed by atoms with van der Waals surface area (Å²) in [5.74, 6) is 0. The van der Waals surface area contributed by atoms with Crippen LogP contribution in [0.15, 0.2) is 29.8 Å². The lowest BCUT2D eigenvalue weighted by molar-refractivity contribution is 0.564. The molecular formula is C11H15N3S. The maximum absolute atomic E-state index is 3.94. The molecule has 0 saturated heterocycles. The van der Waals surface area contributed by atoms with Gasteiger partial charge in [0.25, 0.3) is 0 Å². The average Bonchev–Trinajstić information content (AvgIpc) is 2.90. The molecule has 0 amide bonds. The van der Waals surface area contributed by atoms with Crippen LogP contribution < -0.4 is 5.32 Å². The smallest absolute Gasteiger partial charge is 0.0518 e. The van der Waals surface area contributed by atoms with E-state index >= 15 is 0 Å². The van der Waals surface area contributed by atoms with Crippen LogP contribution in [0.2, 0.25) is 0 Å². The summed E-state index contributed by atoms with van der Waals surface area (Å²) in [6.45, 7) is 3.14. The second-order valence-electron chi connectivity index (χ2n) is 3.52. The summed E-state index contributed by atoms with van der Waals surface area (Å²) in [5, 5.41) is 12.5. The van der Waals surface area contributed by atoms with E-state index in [0.717, 1.165) is 18.7 Å². The zero-order valence-corrected chi connectivity index (χ0v) is 9.55. The third-order valence-electron chi connectivity index (χ3n) is 2.39. The summed E-state index contributed by atoms with van der Waals surface area (Å²) in [4.78, 5) is 1.43. The molecule has 0 radical (unpaired) electrons. The minimum absolute atomic E-state index is 0.340. The molecule has 2 aromatic heterocycles. The summed E-state index contributed by atoms with van der Waals surface area (Å²) < 4.78 is 0. The molecule has 2 rings (SSSR count). The molecule has 4 heteroatoms. The van der Waals surface area contributed by atoms with E-state index in [2.05, 4.69) is 40.0 Å². The molecule has 0 aliphatic heterocycles. The molecule has 2 heterocycles. The maximum Gasteiger partial charge on any atom is 0.0518 e. The van der Waals surface area contributed by atoms with Gasteiger partial charge in [0, 0.05) is 23.7 Å². The molecule has 1 atom stereocenters. The molecule has 0 bridgehead atoms. The van der Waals surface area contributed by atoms with Gasteiger partial charge in [-0.25, -0.2) is 0 Å². The molecule has 2 N–H and O–H groups in total. The third-order valence-corrected chi connectivity index (χ3v) is 3.33. The highest BCUT2D eigenvalue weighted by atomic mass is 32.1. The van der Waals surface area contributed by atoms with E-state index in [4.69, 9.17) is 0 Å². The van der Waals surface area contributed by atoms with Gasteiger partial charge >= 0.3 is 0 Å². The van der Waals surface area contributed by atoms with Gasteiger partial charge in [0.05, 0.1) is 5.69 Å². The molecule has 0 spiro atoms. The van der Waals surface area contributed by atoms with Crippen LogP contribution >= 0.6 is 11.3 Å². The van der Waals surface area contributed by atoms with E-state index in [1.54, 1.807) is 6.20 Å². The monoisotopic (exact) mass is 221 g/mol. The van der Waals surface area contributed by atoms with Crippen molar-refractivity contribution in [3.8, 4) is 0 Å². The molecule has 80 valence electrons. The zero-order valence-electron chi connectivity index (χ0n) is 8.73. The van der Waals surface area contributed by atoms with Crippen LogP contribution in [0.1, 0.15) is 23.5 Å². The van der Waals surface area contributed by atoms with E-state index in [1.165, 1.54) is 4.88 Å². The van der Waals surface area contributed by atoms with Crippen molar-refractivity contribution in [2.75, 3.05) is 6.54 Å². The fourth-order valence-electron chi connectivity index (χ4n) is 1.48. The zero-order chi connectivity index (χ0) is 10.5. The highest BCUT2D eigenvalue weighted by molar-refractivity contribution is 7.09. The van der Waals surface area contributed by atoms with E-state index in [-0.39, 0.29) is 0 Å². The summed E-state index contributed by atoms with van der Waals surface area (Å²) in [6, 6.07) is 6.61. The first-order valence-corrected chi connectivity index (χ1v) is 5.99. The number of rotatable bonds is 5. The topological polar surface area (TPSA) is 40.7 Å². The van der Waals surface area contributed by atoms with E-state index in [0.29, 0.717) is 6.04 Å². The van der Waals surface area contributed by atoms with Gasteiger partial charge in [-0.1, -0.05) is 6.07 Å². The molecule has 0 saturated carbocycles. The van der Waals surface area contributed by atoms with Crippen molar-refractivity contribution in [2.24, 2.45) is 0 Å². The van der Waals surface area contributed by atoms with Crippen molar-refractivity contribution in [3.05, 3.63) is 40.3 Å². The molecule has 0 aromatic carbocycles. The van der Waals surface area contributed by atoms with Gasteiger partial charge in [-0.05, 0) is 30.9 Å². The Bertz CT molecular complexity index is 366. The van der Waals surface area contributed by atoms with Crippen LogP contribution in [0, 0.1) is 0 Å². The highest BCUT2D eigenvalue weighted by Gasteiger charge is 2.04. The van der Waals surface area contributed by atoms with Gasteiger partial charge in [0.1, 0.15) is 0 Å². The summed E-state index contributed by atoms with van der Waals surface area (Å²) >= 11 is 1.81. The molecule has 0 fully saturated rings. The molecule has 3 nitrogen and oxygen atoms in total. The Morgan fingerprint density at radius 3 is 3.13 bits per heavy atom. The van der Waals surface area contributed by atoms with Gasteiger partial charge in [-0.2, -0.15) is 5.10 Å². The Morgan fingerprint density at radius 1 is 1.53 bits per heavy atom. The fraction of sp³-hybridized carbons (Fsp3) is 0.364. The minimum Gasteiger partial charge on any atom is -0.309 e. The Kier molecular flexibility index (Phi) is 3.53. The number of hydrogen-bond donors (Lipinski definition) is 2. The predicted octanol–water partition coefficient (Wildman–Crippen LogP) is 2.36. The lowest BCUT2D eigenvalue weighted by Gasteiger charge is -2.10. The standard InChI is InChI=1S/C11H15N3S/c1-9(11-5-7-13-14-11)12-6-4-10-3-2-8-15-10/h2-3,5,7-9,12H,4,6H2,1H3,(H,13,14). The quantitative estimate of drug-likeness (QED) is 0.813. The Balaban J connectivity index is 1.74. The van der Waals surface area contributed by atoms with Gasteiger partial charge in [-0.15, -0.1) is 11.3 Å².